The minimum Gasteiger partial charge on any atom is -0.481 e. The van der Waals surface area contributed by atoms with Gasteiger partial charge in [-0.1, -0.05) is 0 Å². The summed E-state index contributed by atoms with van der Waals surface area (Å²) in [5, 5.41) is 8.83. The van der Waals surface area contributed by atoms with E-state index < -0.39 is 5.97 Å². The van der Waals surface area contributed by atoms with Gasteiger partial charge in [-0.2, -0.15) is 0 Å². The molecular weight excluding hydrogens is 258 g/mol. The van der Waals surface area contributed by atoms with Crippen LogP contribution in [0.15, 0.2) is 18.3 Å². The SMILES string of the molecule is CN(C)C(=O)c1cc(N(CCC(=O)O)C2CC2)ccn1. The average molecular weight is 277 g/mol. The summed E-state index contributed by atoms with van der Waals surface area (Å²) in [6.07, 6.45) is 3.83. The van der Waals surface area contributed by atoms with Gasteiger partial charge in [-0.25, -0.2) is 0 Å². The number of aromatic nitrogens is 1. The Labute approximate surface area is 118 Å². The number of carboxylic acid groups (broad SMARTS) is 1. The Morgan fingerprint density at radius 1 is 1.40 bits per heavy atom. The van der Waals surface area contributed by atoms with Gasteiger partial charge >= 0.3 is 5.97 Å². The van der Waals surface area contributed by atoms with Crippen molar-refractivity contribution in [3.63, 3.8) is 0 Å². The van der Waals surface area contributed by atoms with Crippen molar-refractivity contribution in [1.82, 2.24) is 9.88 Å². The lowest BCUT2D eigenvalue weighted by molar-refractivity contribution is -0.136. The highest BCUT2D eigenvalue weighted by Gasteiger charge is 2.29. The number of anilines is 1. The highest BCUT2D eigenvalue weighted by molar-refractivity contribution is 5.92. The van der Waals surface area contributed by atoms with Gasteiger partial charge in [-0.15, -0.1) is 0 Å². The molecular formula is C14H19N3O3. The van der Waals surface area contributed by atoms with Crippen molar-refractivity contribution in [2.24, 2.45) is 0 Å². The number of aliphatic carboxylic acids is 1. The van der Waals surface area contributed by atoms with E-state index in [1.165, 1.54) is 4.90 Å². The zero-order chi connectivity index (χ0) is 14.7. The number of carbonyl (C=O) groups is 2. The number of pyridine rings is 1. The quantitative estimate of drug-likeness (QED) is 0.846. The van der Waals surface area contributed by atoms with Crippen LogP contribution < -0.4 is 4.90 Å². The fraction of sp³-hybridized carbons (Fsp3) is 0.500. The lowest BCUT2D eigenvalue weighted by Gasteiger charge is -2.24. The summed E-state index contributed by atoms with van der Waals surface area (Å²) in [7, 11) is 3.36. The number of carbonyl (C=O) groups excluding carboxylic acids is 1. The van der Waals surface area contributed by atoms with Crippen molar-refractivity contribution in [1.29, 1.82) is 0 Å². The van der Waals surface area contributed by atoms with E-state index in [4.69, 9.17) is 5.11 Å². The summed E-state index contributed by atoms with van der Waals surface area (Å²) in [5.41, 5.74) is 1.25. The number of hydrogen-bond donors (Lipinski definition) is 1. The van der Waals surface area contributed by atoms with E-state index in [2.05, 4.69) is 9.88 Å². The molecule has 1 saturated carbocycles. The summed E-state index contributed by atoms with van der Waals surface area (Å²) in [6.45, 7) is 0.458. The summed E-state index contributed by atoms with van der Waals surface area (Å²) < 4.78 is 0. The molecule has 0 unspecified atom stereocenters. The molecule has 1 fully saturated rings. The highest BCUT2D eigenvalue weighted by atomic mass is 16.4. The summed E-state index contributed by atoms with van der Waals surface area (Å²) in [5.74, 6) is -0.963. The predicted octanol–water partition coefficient (Wildman–Crippen LogP) is 1.23. The van der Waals surface area contributed by atoms with Crippen LogP contribution in [0.1, 0.15) is 29.8 Å². The molecule has 0 saturated heterocycles. The zero-order valence-electron chi connectivity index (χ0n) is 11.7. The smallest absolute Gasteiger partial charge is 0.305 e. The predicted molar refractivity (Wildman–Crippen MR) is 74.9 cm³/mol. The van der Waals surface area contributed by atoms with Gasteiger partial charge in [0.05, 0.1) is 6.42 Å². The molecule has 1 N–H and O–H groups in total. The van der Waals surface area contributed by atoms with Crippen molar-refractivity contribution in [3.8, 4) is 0 Å². The van der Waals surface area contributed by atoms with Crippen LogP contribution in [0.2, 0.25) is 0 Å². The monoisotopic (exact) mass is 277 g/mol. The number of amides is 1. The van der Waals surface area contributed by atoms with E-state index in [1.54, 1.807) is 26.4 Å². The van der Waals surface area contributed by atoms with Gasteiger partial charge in [0.2, 0.25) is 0 Å². The Balaban J connectivity index is 2.18. The fourth-order valence-electron chi connectivity index (χ4n) is 2.07. The van der Waals surface area contributed by atoms with Crippen LogP contribution in [0, 0.1) is 0 Å². The Kier molecular flexibility index (Phi) is 4.22. The van der Waals surface area contributed by atoms with E-state index >= 15 is 0 Å². The van der Waals surface area contributed by atoms with Gasteiger partial charge in [0.1, 0.15) is 5.69 Å². The van der Waals surface area contributed by atoms with E-state index in [-0.39, 0.29) is 12.3 Å². The van der Waals surface area contributed by atoms with Crippen LogP contribution in [-0.4, -0.2) is 53.5 Å². The third-order valence-corrected chi connectivity index (χ3v) is 3.25. The molecule has 108 valence electrons. The normalized spacial score (nSPS) is 13.9. The molecule has 2 rings (SSSR count). The number of rotatable bonds is 6. The maximum Gasteiger partial charge on any atom is 0.305 e. The molecule has 1 aliphatic rings. The number of hydrogen-bond acceptors (Lipinski definition) is 4. The van der Waals surface area contributed by atoms with E-state index in [1.807, 2.05) is 6.07 Å². The second-order valence-corrected chi connectivity index (χ2v) is 5.17. The average Bonchev–Trinajstić information content (AvgIpc) is 3.22. The zero-order valence-corrected chi connectivity index (χ0v) is 11.7. The molecule has 0 aliphatic heterocycles. The standard InChI is InChI=1S/C14H19N3O3/c1-16(2)14(20)12-9-11(5-7-15-12)17(10-3-4-10)8-6-13(18)19/h5,7,9-10H,3-4,6,8H2,1-2H3,(H,18,19). The minimum absolute atomic E-state index is 0.0930. The first-order valence-electron chi connectivity index (χ1n) is 6.65. The molecule has 1 aliphatic carbocycles. The largest absolute Gasteiger partial charge is 0.481 e. The van der Waals surface area contributed by atoms with E-state index in [0.29, 0.717) is 18.3 Å². The maximum absolute atomic E-state index is 11.9. The van der Waals surface area contributed by atoms with Gasteiger partial charge < -0.3 is 14.9 Å². The second kappa shape index (κ2) is 5.90. The first-order valence-corrected chi connectivity index (χ1v) is 6.65. The van der Waals surface area contributed by atoms with Crippen molar-refractivity contribution in [3.05, 3.63) is 24.0 Å². The van der Waals surface area contributed by atoms with Gasteiger partial charge in [0.25, 0.3) is 5.91 Å². The third kappa shape index (κ3) is 3.46. The summed E-state index contributed by atoms with van der Waals surface area (Å²) in [6, 6.07) is 3.95. The summed E-state index contributed by atoms with van der Waals surface area (Å²) in [4.78, 5) is 30.3. The molecule has 0 radical (unpaired) electrons. The molecule has 1 aromatic rings. The van der Waals surface area contributed by atoms with Crippen LogP contribution >= 0.6 is 0 Å². The number of carboxylic acids is 1. The van der Waals surface area contributed by atoms with Crippen LogP contribution in [0.5, 0.6) is 0 Å². The first-order chi connectivity index (χ1) is 9.49. The fourth-order valence-corrected chi connectivity index (χ4v) is 2.07. The van der Waals surface area contributed by atoms with Crippen LogP contribution in [0.25, 0.3) is 0 Å². The molecule has 1 heterocycles. The topological polar surface area (TPSA) is 73.7 Å². The van der Waals surface area contributed by atoms with Gasteiger partial charge in [0, 0.05) is 38.6 Å². The van der Waals surface area contributed by atoms with Crippen LogP contribution in [0.4, 0.5) is 5.69 Å². The first kappa shape index (κ1) is 14.3. The molecule has 1 aromatic heterocycles. The Morgan fingerprint density at radius 2 is 2.10 bits per heavy atom. The Hall–Kier alpha value is -2.11. The molecule has 0 aromatic carbocycles. The van der Waals surface area contributed by atoms with Crippen molar-refractivity contribution in [2.45, 2.75) is 25.3 Å². The van der Waals surface area contributed by atoms with Crippen molar-refractivity contribution < 1.29 is 14.7 Å². The molecule has 6 nitrogen and oxygen atoms in total. The Morgan fingerprint density at radius 3 is 2.65 bits per heavy atom. The Bertz CT molecular complexity index is 512. The van der Waals surface area contributed by atoms with E-state index in [9.17, 15) is 9.59 Å². The van der Waals surface area contributed by atoms with Crippen molar-refractivity contribution >= 4 is 17.6 Å². The lowest BCUT2D eigenvalue weighted by atomic mass is 10.2. The molecule has 0 spiro atoms. The van der Waals surface area contributed by atoms with Crippen molar-refractivity contribution in [2.75, 3.05) is 25.5 Å². The molecule has 0 bridgehead atoms. The number of nitrogens with zero attached hydrogens (tertiary/aromatic N) is 3. The second-order valence-electron chi connectivity index (χ2n) is 5.17. The van der Waals surface area contributed by atoms with Crippen LogP contribution in [0.3, 0.4) is 0 Å². The molecule has 1 amide bonds. The summed E-state index contributed by atoms with van der Waals surface area (Å²) >= 11 is 0. The molecule has 20 heavy (non-hydrogen) atoms. The van der Waals surface area contributed by atoms with Gasteiger partial charge in [0.15, 0.2) is 0 Å². The van der Waals surface area contributed by atoms with Crippen LogP contribution in [-0.2, 0) is 4.79 Å². The minimum atomic E-state index is -0.811. The third-order valence-electron chi connectivity index (χ3n) is 3.25. The lowest BCUT2D eigenvalue weighted by Crippen LogP contribution is -2.29. The molecule has 6 heteroatoms. The van der Waals surface area contributed by atoms with E-state index in [0.717, 1.165) is 18.5 Å². The molecule has 0 atom stereocenters. The van der Waals surface area contributed by atoms with Gasteiger partial charge in [-0.3, -0.25) is 14.6 Å². The van der Waals surface area contributed by atoms with Gasteiger partial charge in [-0.05, 0) is 25.0 Å². The maximum atomic E-state index is 11.9. The highest BCUT2D eigenvalue weighted by Crippen LogP contribution is 2.31.